The molecule has 2 rings (SSSR count). The molecule has 2 aromatic carbocycles. The van der Waals surface area contributed by atoms with Gasteiger partial charge in [-0.1, -0.05) is 60.7 Å². The Bertz CT molecular complexity index is 801. The van der Waals surface area contributed by atoms with Crippen molar-refractivity contribution in [3.63, 3.8) is 0 Å². The Morgan fingerprint density at radius 2 is 1.44 bits per heavy atom. The van der Waals surface area contributed by atoms with Gasteiger partial charge in [0.1, 0.15) is 11.8 Å². The minimum absolute atomic E-state index is 0.114. The molecule has 2 aromatic rings. The lowest BCUT2D eigenvalue weighted by Crippen LogP contribution is -2.44. The van der Waals surface area contributed by atoms with E-state index in [9.17, 15) is 4.79 Å². The van der Waals surface area contributed by atoms with Gasteiger partial charge in [0.2, 0.25) is 0 Å². The number of rotatable bonds is 13. The van der Waals surface area contributed by atoms with Gasteiger partial charge in [-0.05, 0) is 45.7 Å². The number of carbonyl (C=O) groups is 1. The van der Waals surface area contributed by atoms with E-state index in [4.69, 9.17) is 14.2 Å². The van der Waals surface area contributed by atoms with Gasteiger partial charge in [-0.2, -0.15) is 0 Å². The highest BCUT2D eigenvalue weighted by Gasteiger charge is 2.31. The molecule has 0 spiro atoms. The summed E-state index contributed by atoms with van der Waals surface area (Å²) >= 11 is 0. The van der Waals surface area contributed by atoms with Crippen molar-refractivity contribution < 1.29 is 23.4 Å². The van der Waals surface area contributed by atoms with Crippen LogP contribution in [-0.4, -0.2) is 56.4 Å². The molecule has 1 amide bonds. The van der Waals surface area contributed by atoms with Crippen molar-refractivity contribution in [2.45, 2.75) is 58.0 Å². The van der Waals surface area contributed by atoms with Crippen molar-refractivity contribution in [1.82, 2.24) is 10.6 Å². The summed E-state index contributed by atoms with van der Waals surface area (Å²) in [6.45, 7) is 10.2. The lowest BCUT2D eigenvalue weighted by molar-refractivity contribution is -0.0868. The summed E-state index contributed by atoms with van der Waals surface area (Å²) < 4.78 is 31.5. The van der Waals surface area contributed by atoms with Crippen LogP contribution in [0.5, 0.6) is 0 Å². The van der Waals surface area contributed by atoms with E-state index in [2.05, 4.69) is 10.6 Å². The van der Waals surface area contributed by atoms with Gasteiger partial charge in [0.05, 0.1) is 31.5 Å². The highest BCUT2D eigenvalue weighted by Crippen LogP contribution is 2.24. The number of hydrogen-bond acceptors (Lipinski definition) is 5. The number of amides is 1. The molecule has 0 saturated carbocycles. The van der Waals surface area contributed by atoms with Crippen LogP contribution in [0.4, 0.5) is 9.18 Å². The number of alkyl halides is 1. The molecule has 6 nitrogen and oxygen atoms in total. The molecule has 0 aliphatic rings. The highest BCUT2D eigenvalue weighted by atomic mass is 19.1. The molecule has 34 heavy (non-hydrogen) atoms. The van der Waals surface area contributed by atoms with Gasteiger partial charge >= 0.3 is 6.09 Å². The van der Waals surface area contributed by atoms with E-state index in [1.54, 1.807) is 34.6 Å². The van der Waals surface area contributed by atoms with Gasteiger partial charge in [-0.15, -0.1) is 0 Å². The van der Waals surface area contributed by atoms with Gasteiger partial charge in [-0.3, -0.25) is 0 Å². The zero-order valence-corrected chi connectivity index (χ0v) is 21.0. The summed E-state index contributed by atoms with van der Waals surface area (Å²) in [4.78, 5) is 11.6. The first kappa shape index (κ1) is 27.8. The molecule has 1 atom stereocenters. The maximum atomic E-state index is 15.1. The summed E-state index contributed by atoms with van der Waals surface area (Å²) in [5.74, 6) is 0. The van der Waals surface area contributed by atoms with E-state index in [0.717, 1.165) is 11.1 Å². The molecule has 0 aliphatic carbocycles. The molecule has 0 fully saturated rings. The van der Waals surface area contributed by atoms with Crippen LogP contribution in [0.3, 0.4) is 0 Å². The maximum absolute atomic E-state index is 15.1. The second-order valence-electron chi connectivity index (χ2n) is 9.62. The number of hydrogen-bond donors (Lipinski definition) is 2. The van der Waals surface area contributed by atoms with Crippen LogP contribution in [0.1, 0.15) is 51.8 Å². The molecular weight excluding hydrogens is 435 g/mol. The van der Waals surface area contributed by atoms with Gasteiger partial charge < -0.3 is 24.8 Å². The van der Waals surface area contributed by atoms with Gasteiger partial charge in [0.25, 0.3) is 0 Å². The molecule has 7 heteroatoms. The summed E-state index contributed by atoms with van der Waals surface area (Å²) in [6.07, 6.45) is -1.71. The Kier molecular flexibility index (Phi) is 11.0. The number of benzene rings is 2. The number of ether oxygens (including phenoxy) is 3. The molecule has 0 aromatic heterocycles. The molecule has 2 N–H and O–H groups in total. The lowest BCUT2D eigenvalue weighted by Gasteiger charge is -2.31. The third-order valence-electron chi connectivity index (χ3n) is 5.14. The largest absolute Gasteiger partial charge is 0.444 e. The molecule has 0 radical (unpaired) electrons. The summed E-state index contributed by atoms with van der Waals surface area (Å²) in [6, 6.07) is 19.9. The fourth-order valence-electron chi connectivity index (χ4n) is 3.28. The van der Waals surface area contributed by atoms with Crippen molar-refractivity contribution in [2.24, 2.45) is 0 Å². The standard InChI is InChI=1S/C27H39FN2O4/c1-26(2,3)34-25(31)29-16-17-32-18-19-33-27(4,5)23(28)20-30-24(21-12-8-6-9-13-21)22-14-10-7-11-15-22/h6-15,23-24,30H,16-20H2,1-5H3,(H,29,31). The second kappa shape index (κ2) is 13.4. The van der Waals surface area contributed by atoms with E-state index in [0.29, 0.717) is 19.8 Å². The highest BCUT2D eigenvalue weighted by molar-refractivity contribution is 5.67. The summed E-state index contributed by atoms with van der Waals surface area (Å²) in [5.41, 5.74) is 0.633. The minimum atomic E-state index is -1.23. The molecule has 188 valence electrons. The molecule has 0 saturated heterocycles. The topological polar surface area (TPSA) is 68.8 Å². The predicted molar refractivity (Wildman–Crippen MR) is 133 cm³/mol. The monoisotopic (exact) mass is 474 g/mol. The van der Waals surface area contributed by atoms with Crippen molar-refractivity contribution in [1.29, 1.82) is 0 Å². The Balaban J connectivity index is 1.74. The number of halogens is 1. The van der Waals surface area contributed by atoms with Crippen LogP contribution in [0.2, 0.25) is 0 Å². The first-order valence-corrected chi connectivity index (χ1v) is 11.7. The van der Waals surface area contributed by atoms with Crippen LogP contribution in [0.25, 0.3) is 0 Å². The summed E-state index contributed by atoms with van der Waals surface area (Å²) in [7, 11) is 0. The van der Waals surface area contributed by atoms with Crippen molar-refractivity contribution in [3.8, 4) is 0 Å². The van der Waals surface area contributed by atoms with Gasteiger partial charge in [0.15, 0.2) is 0 Å². The van der Waals surface area contributed by atoms with Crippen LogP contribution in [0, 0.1) is 0 Å². The van der Waals surface area contributed by atoms with E-state index >= 15 is 4.39 Å². The SMILES string of the molecule is CC(C)(C)OC(=O)NCCOCCOC(C)(C)C(F)CNC(c1ccccc1)c1ccccc1. The fourth-order valence-corrected chi connectivity index (χ4v) is 3.28. The smallest absolute Gasteiger partial charge is 0.407 e. The third kappa shape index (κ3) is 10.2. The maximum Gasteiger partial charge on any atom is 0.407 e. The van der Waals surface area contributed by atoms with Crippen molar-refractivity contribution >= 4 is 6.09 Å². The number of alkyl carbamates (subject to hydrolysis) is 1. The van der Waals surface area contributed by atoms with Crippen LogP contribution in [0.15, 0.2) is 60.7 Å². The van der Waals surface area contributed by atoms with Crippen molar-refractivity contribution in [3.05, 3.63) is 71.8 Å². The zero-order valence-electron chi connectivity index (χ0n) is 21.0. The normalized spacial score (nSPS) is 13.0. The average Bonchev–Trinajstić information content (AvgIpc) is 2.78. The molecule has 0 heterocycles. The summed E-state index contributed by atoms with van der Waals surface area (Å²) in [5, 5.41) is 5.99. The van der Waals surface area contributed by atoms with Crippen molar-refractivity contribution in [2.75, 3.05) is 32.9 Å². The molecule has 0 bridgehead atoms. The Morgan fingerprint density at radius 3 is 1.97 bits per heavy atom. The molecular formula is C27H39FN2O4. The predicted octanol–water partition coefficient (Wildman–Crippen LogP) is 5.04. The van der Waals surface area contributed by atoms with Crippen LogP contribution >= 0.6 is 0 Å². The lowest BCUT2D eigenvalue weighted by atomic mass is 9.97. The zero-order chi connectivity index (χ0) is 25.0. The quantitative estimate of drug-likeness (QED) is 0.398. The fraction of sp³-hybridized carbons (Fsp3) is 0.519. The molecule has 0 aliphatic heterocycles. The average molecular weight is 475 g/mol. The first-order valence-electron chi connectivity index (χ1n) is 11.7. The van der Waals surface area contributed by atoms with Crippen LogP contribution in [-0.2, 0) is 14.2 Å². The minimum Gasteiger partial charge on any atom is -0.444 e. The Labute approximate surface area is 203 Å². The van der Waals surface area contributed by atoms with E-state index in [1.165, 1.54) is 0 Å². The van der Waals surface area contributed by atoms with Gasteiger partial charge in [0, 0.05) is 13.1 Å². The second-order valence-corrected chi connectivity index (χ2v) is 9.62. The third-order valence-corrected chi connectivity index (χ3v) is 5.14. The first-order chi connectivity index (χ1) is 16.1. The Morgan fingerprint density at radius 1 is 0.882 bits per heavy atom. The van der Waals surface area contributed by atoms with E-state index in [1.807, 2.05) is 60.7 Å². The molecule has 1 unspecified atom stereocenters. The Hall–Kier alpha value is -2.48. The number of nitrogens with one attached hydrogen (secondary N) is 2. The van der Waals surface area contributed by atoms with E-state index in [-0.39, 0.29) is 19.2 Å². The van der Waals surface area contributed by atoms with E-state index < -0.39 is 23.5 Å². The van der Waals surface area contributed by atoms with Gasteiger partial charge in [-0.25, -0.2) is 9.18 Å². The number of carbonyl (C=O) groups excluding carboxylic acids is 1. The van der Waals surface area contributed by atoms with Crippen LogP contribution < -0.4 is 10.6 Å².